The first-order chi connectivity index (χ1) is 13.3. The zero-order chi connectivity index (χ0) is 18.5. The van der Waals surface area contributed by atoms with Gasteiger partial charge in [0.2, 0.25) is 0 Å². The fourth-order valence-corrected chi connectivity index (χ4v) is 4.76. The van der Waals surface area contributed by atoms with E-state index in [4.69, 9.17) is 0 Å². The number of guanidine groups is 1. The van der Waals surface area contributed by atoms with Gasteiger partial charge in [-0.15, -0.1) is 11.3 Å². The van der Waals surface area contributed by atoms with Gasteiger partial charge < -0.3 is 15.5 Å². The third-order valence-electron chi connectivity index (χ3n) is 5.89. The van der Waals surface area contributed by atoms with Crippen molar-refractivity contribution in [1.29, 1.82) is 0 Å². The Balaban J connectivity index is 1.23. The average Bonchev–Trinajstić information content (AvgIpc) is 3.25. The van der Waals surface area contributed by atoms with Crippen LogP contribution < -0.4 is 15.5 Å². The maximum absolute atomic E-state index is 4.47. The van der Waals surface area contributed by atoms with Gasteiger partial charge in [-0.3, -0.25) is 4.99 Å². The van der Waals surface area contributed by atoms with Gasteiger partial charge >= 0.3 is 0 Å². The molecule has 1 aliphatic carbocycles. The lowest BCUT2D eigenvalue weighted by molar-refractivity contribution is 0.452. The number of hydrogen-bond donors (Lipinski definition) is 2. The van der Waals surface area contributed by atoms with E-state index in [1.807, 2.05) is 18.4 Å². The van der Waals surface area contributed by atoms with Crippen molar-refractivity contribution >= 4 is 22.3 Å². The molecule has 0 unspecified atom stereocenters. The second-order valence-electron chi connectivity index (χ2n) is 7.95. The van der Waals surface area contributed by atoms with Gasteiger partial charge in [0.15, 0.2) is 5.96 Å². The molecule has 2 heterocycles. The van der Waals surface area contributed by atoms with E-state index >= 15 is 0 Å². The van der Waals surface area contributed by atoms with E-state index in [0.717, 1.165) is 44.9 Å². The molecule has 0 atom stereocenters. The third-order valence-corrected chi connectivity index (χ3v) is 6.82. The number of hydrogen-bond acceptors (Lipinski definition) is 3. The van der Waals surface area contributed by atoms with Gasteiger partial charge in [0.05, 0.1) is 5.00 Å². The maximum atomic E-state index is 4.47. The van der Waals surface area contributed by atoms with Crippen molar-refractivity contribution in [1.82, 2.24) is 10.6 Å². The maximum Gasteiger partial charge on any atom is 0.191 e. The van der Waals surface area contributed by atoms with Crippen LogP contribution in [0.15, 0.2) is 52.8 Å². The van der Waals surface area contributed by atoms with E-state index in [-0.39, 0.29) is 0 Å². The summed E-state index contributed by atoms with van der Waals surface area (Å²) in [5.41, 5.74) is 1.86. The molecular weight excluding hydrogens is 352 g/mol. The van der Waals surface area contributed by atoms with E-state index in [1.165, 1.54) is 23.4 Å². The minimum Gasteiger partial charge on any atom is -0.363 e. The van der Waals surface area contributed by atoms with E-state index in [1.54, 1.807) is 0 Å². The van der Waals surface area contributed by atoms with Gasteiger partial charge in [-0.2, -0.15) is 0 Å². The first-order valence-electron chi connectivity index (χ1n) is 10.1. The predicted octanol–water partition coefficient (Wildman–Crippen LogP) is 3.90. The lowest BCUT2D eigenvalue weighted by atomic mass is 9.96. The molecule has 0 bridgehead atoms. The average molecular weight is 383 g/mol. The van der Waals surface area contributed by atoms with Crippen molar-refractivity contribution in [2.24, 2.45) is 10.4 Å². The molecule has 1 aromatic heterocycles. The molecule has 0 amide bonds. The number of aliphatic imine (C=N–C) groups is 1. The quantitative estimate of drug-likeness (QED) is 0.588. The Morgan fingerprint density at radius 2 is 1.93 bits per heavy atom. The molecule has 1 aromatic carbocycles. The van der Waals surface area contributed by atoms with Gasteiger partial charge in [-0.05, 0) is 60.6 Å². The van der Waals surface area contributed by atoms with Crippen molar-refractivity contribution in [3.05, 3.63) is 53.4 Å². The molecule has 4 nitrogen and oxygen atoms in total. The minimum atomic E-state index is 0.418. The molecule has 5 heteroatoms. The highest BCUT2D eigenvalue weighted by Gasteiger charge is 2.42. The summed E-state index contributed by atoms with van der Waals surface area (Å²) in [7, 11) is 1.88. The molecular formula is C22H30N4S. The molecule has 144 valence electrons. The summed E-state index contributed by atoms with van der Waals surface area (Å²) >= 11 is 1.84. The SMILES string of the molecule is CN=C(NCC1(Cc2ccccc2)CC1)NC1CCN(c2cccs2)CC1. The molecule has 2 fully saturated rings. The van der Waals surface area contributed by atoms with Crippen LogP contribution >= 0.6 is 11.3 Å². The number of rotatable bonds is 6. The van der Waals surface area contributed by atoms with Crippen LogP contribution in [0.25, 0.3) is 0 Å². The van der Waals surface area contributed by atoms with Crippen LogP contribution in [-0.4, -0.2) is 38.7 Å². The van der Waals surface area contributed by atoms with E-state index < -0.39 is 0 Å². The molecule has 1 aliphatic heterocycles. The molecule has 0 radical (unpaired) electrons. The zero-order valence-electron chi connectivity index (χ0n) is 16.2. The Morgan fingerprint density at radius 3 is 2.56 bits per heavy atom. The fraction of sp³-hybridized carbons (Fsp3) is 0.500. The summed E-state index contributed by atoms with van der Waals surface area (Å²) in [6.45, 7) is 3.25. The predicted molar refractivity (Wildman–Crippen MR) is 116 cm³/mol. The van der Waals surface area contributed by atoms with Crippen LogP contribution in [0.1, 0.15) is 31.2 Å². The van der Waals surface area contributed by atoms with Crippen LogP contribution in [0.4, 0.5) is 5.00 Å². The summed E-state index contributed by atoms with van der Waals surface area (Å²) in [4.78, 5) is 6.97. The van der Waals surface area contributed by atoms with Gasteiger partial charge in [-0.1, -0.05) is 30.3 Å². The third kappa shape index (κ3) is 4.83. The lowest BCUT2D eigenvalue weighted by Gasteiger charge is -2.33. The van der Waals surface area contributed by atoms with Gasteiger partial charge in [-0.25, -0.2) is 0 Å². The molecule has 1 saturated heterocycles. The van der Waals surface area contributed by atoms with Gasteiger partial charge in [0, 0.05) is 32.7 Å². The lowest BCUT2D eigenvalue weighted by Crippen LogP contribution is -2.49. The second kappa shape index (κ2) is 8.34. The first kappa shape index (κ1) is 18.4. The second-order valence-corrected chi connectivity index (χ2v) is 8.87. The number of anilines is 1. The van der Waals surface area contributed by atoms with Crippen molar-refractivity contribution in [3.63, 3.8) is 0 Å². The Hall–Kier alpha value is -2.01. The van der Waals surface area contributed by atoms with Crippen LogP contribution in [0.2, 0.25) is 0 Å². The largest absolute Gasteiger partial charge is 0.363 e. The van der Waals surface area contributed by atoms with Crippen LogP contribution in [0.3, 0.4) is 0 Å². The minimum absolute atomic E-state index is 0.418. The summed E-state index contributed by atoms with van der Waals surface area (Å²) in [5, 5.41) is 10.8. The highest BCUT2D eigenvalue weighted by Crippen LogP contribution is 2.47. The molecule has 1 saturated carbocycles. The normalized spacial score (nSPS) is 19.7. The summed E-state index contributed by atoms with van der Waals surface area (Å²) in [6.07, 6.45) is 6.11. The number of nitrogens with zero attached hydrogens (tertiary/aromatic N) is 2. The van der Waals surface area contributed by atoms with E-state index in [9.17, 15) is 0 Å². The van der Waals surface area contributed by atoms with Crippen LogP contribution in [-0.2, 0) is 6.42 Å². The van der Waals surface area contributed by atoms with Crippen LogP contribution in [0, 0.1) is 5.41 Å². The smallest absolute Gasteiger partial charge is 0.191 e. The van der Waals surface area contributed by atoms with E-state index in [0.29, 0.717) is 11.5 Å². The number of piperidine rings is 1. The Kier molecular flexibility index (Phi) is 5.67. The monoisotopic (exact) mass is 382 g/mol. The Morgan fingerprint density at radius 1 is 1.15 bits per heavy atom. The molecule has 2 aromatic rings. The molecule has 4 rings (SSSR count). The van der Waals surface area contributed by atoms with Crippen molar-refractivity contribution in [2.45, 2.75) is 38.1 Å². The number of nitrogens with one attached hydrogen (secondary N) is 2. The number of thiophene rings is 1. The van der Waals surface area contributed by atoms with E-state index in [2.05, 4.69) is 68.4 Å². The fourth-order valence-electron chi connectivity index (χ4n) is 3.97. The van der Waals surface area contributed by atoms with Crippen molar-refractivity contribution in [3.8, 4) is 0 Å². The highest BCUT2D eigenvalue weighted by molar-refractivity contribution is 7.14. The zero-order valence-corrected chi connectivity index (χ0v) is 17.0. The van der Waals surface area contributed by atoms with Crippen molar-refractivity contribution < 1.29 is 0 Å². The summed E-state index contributed by atoms with van der Waals surface area (Å²) in [5.74, 6) is 0.962. The highest BCUT2D eigenvalue weighted by atomic mass is 32.1. The molecule has 2 N–H and O–H groups in total. The molecule has 0 spiro atoms. The van der Waals surface area contributed by atoms with Gasteiger partial charge in [0.25, 0.3) is 0 Å². The standard InChI is InChI=1S/C22H30N4S/c1-23-21(24-17-22(11-12-22)16-18-6-3-2-4-7-18)25-19-9-13-26(14-10-19)20-8-5-15-27-20/h2-8,15,19H,9-14,16-17H2,1H3,(H2,23,24,25). The molecule has 2 aliphatic rings. The molecule has 27 heavy (non-hydrogen) atoms. The Labute approximate surface area is 166 Å². The summed E-state index contributed by atoms with van der Waals surface area (Å²) < 4.78 is 0. The van der Waals surface area contributed by atoms with Crippen LogP contribution in [0.5, 0.6) is 0 Å². The Bertz CT molecular complexity index is 729. The van der Waals surface area contributed by atoms with Gasteiger partial charge in [0.1, 0.15) is 0 Å². The number of benzene rings is 1. The van der Waals surface area contributed by atoms with Crippen molar-refractivity contribution in [2.75, 3.05) is 31.6 Å². The first-order valence-corrected chi connectivity index (χ1v) is 10.9. The summed E-state index contributed by atoms with van der Waals surface area (Å²) in [6, 6.07) is 15.7. The topological polar surface area (TPSA) is 39.7 Å².